The highest BCUT2D eigenvalue weighted by Crippen LogP contribution is 2.72. The summed E-state index contributed by atoms with van der Waals surface area (Å²) in [5, 5.41) is 11.3. The first-order valence-electron chi connectivity index (χ1n) is 11.4. The molecule has 4 aliphatic carbocycles. The van der Waals surface area contributed by atoms with Gasteiger partial charge in [-0.15, -0.1) is 23.2 Å². The third-order valence-corrected chi connectivity index (χ3v) is 10.9. The van der Waals surface area contributed by atoms with Gasteiger partial charge in [-0.3, -0.25) is 14.4 Å². The molecule has 0 amide bonds. The van der Waals surface area contributed by atoms with Gasteiger partial charge in [0.25, 0.3) is 0 Å². The molecule has 32 heavy (non-hydrogen) atoms. The molecule has 0 heterocycles. The monoisotopic (exact) mass is 482 g/mol. The minimum atomic E-state index is -1.66. The van der Waals surface area contributed by atoms with Crippen molar-refractivity contribution in [2.45, 2.75) is 69.7 Å². The van der Waals surface area contributed by atoms with Crippen molar-refractivity contribution in [2.24, 2.45) is 34.5 Å². The number of hydrogen-bond acceptors (Lipinski definition) is 5. The predicted molar refractivity (Wildman–Crippen MR) is 122 cm³/mol. The second kappa shape index (κ2) is 7.41. The van der Waals surface area contributed by atoms with Crippen molar-refractivity contribution < 1.29 is 24.2 Å². The number of fused-ring (bicyclic) bond motifs is 5. The molecular formula is C25H32Cl2O5. The number of Topliss-reactive ketones (excluding diaryl/α,β-unsaturated/α-hetero) is 1. The van der Waals surface area contributed by atoms with E-state index in [1.807, 2.05) is 19.9 Å². The number of allylic oxidation sites excluding steroid dienone is 4. The molecule has 0 radical (unpaired) electrons. The van der Waals surface area contributed by atoms with E-state index in [1.165, 1.54) is 6.92 Å². The smallest absolute Gasteiger partial charge is 0.303 e. The maximum Gasteiger partial charge on any atom is 0.303 e. The average Bonchev–Trinajstić information content (AvgIpc) is 2.91. The van der Waals surface area contributed by atoms with Gasteiger partial charge in [0.05, 0.1) is 10.3 Å². The molecule has 4 rings (SSSR count). The number of ether oxygens (including phenoxy) is 1. The molecule has 0 aromatic rings. The van der Waals surface area contributed by atoms with E-state index < -0.39 is 45.0 Å². The fraction of sp³-hybridized carbons (Fsp3) is 0.720. The Morgan fingerprint density at radius 3 is 2.50 bits per heavy atom. The molecule has 0 aromatic heterocycles. The van der Waals surface area contributed by atoms with Crippen LogP contribution in [0.5, 0.6) is 0 Å². The lowest BCUT2D eigenvalue weighted by Gasteiger charge is -2.65. The Morgan fingerprint density at radius 2 is 1.88 bits per heavy atom. The number of hydrogen-bond donors (Lipinski definition) is 1. The highest BCUT2D eigenvalue weighted by molar-refractivity contribution is 6.34. The number of alkyl halides is 2. The van der Waals surface area contributed by atoms with Crippen LogP contribution in [-0.4, -0.2) is 45.1 Å². The molecule has 0 spiro atoms. The summed E-state index contributed by atoms with van der Waals surface area (Å²) in [5.41, 5.74) is -2.04. The summed E-state index contributed by atoms with van der Waals surface area (Å²) in [6.07, 6.45) is 6.91. The molecule has 9 atom stereocenters. The van der Waals surface area contributed by atoms with Crippen LogP contribution in [0.25, 0.3) is 0 Å². The van der Waals surface area contributed by atoms with E-state index in [9.17, 15) is 19.5 Å². The van der Waals surface area contributed by atoms with E-state index in [-0.39, 0.29) is 29.5 Å². The average molecular weight is 483 g/mol. The maximum atomic E-state index is 13.2. The van der Waals surface area contributed by atoms with E-state index in [2.05, 4.69) is 13.8 Å². The quantitative estimate of drug-likeness (QED) is 0.480. The van der Waals surface area contributed by atoms with E-state index in [4.69, 9.17) is 27.9 Å². The molecule has 3 fully saturated rings. The van der Waals surface area contributed by atoms with Crippen molar-refractivity contribution in [2.75, 3.05) is 6.61 Å². The lowest BCUT2D eigenvalue weighted by Crippen LogP contribution is -2.68. The minimum Gasteiger partial charge on any atom is -0.458 e. The first-order valence-corrected chi connectivity index (χ1v) is 12.2. The molecule has 1 N–H and O–H groups in total. The van der Waals surface area contributed by atoms with Crippen LogP contribution in [0.3, 0.4) is 0 Å². The van der Waals surface area contributed by atoms with Crippen LogP contribution in [0.15, 0.2) is 23.8 Å². The number of carbonyl (C=O) groups is 3. The van der Waals surface area contributed by atoms with Crippen LogP contribution in [0.1, 0.15) is 53.9 Å². The Kier molecular flexibility index (Phi) is 5.55. The van der Waals surface area contributed by atoms with Gasteiger partial charge in [0.1, 0.15) is 5.60 Å². The van der Waals surface area contributed by atoms with Gasteiger partial charge in [-0.2, -0.15) is 0 Å². The van der Waals surface area contributed by atoms with Crippen LogP contribution < -0.4 is 0 Å². The van der Waals surface area contributed by atoms with Crippen LogP contribution in [-0.2, 0) is 19.1 Å². The summed E-state index contributed by atoms with van der Waals surface area (Å²) in [4.78, 5) is 35.8. The molecule has 7 heteroatoms. The van der Waals surface area contributed by atoms with Gasteiger partial charge in [0.15, 0.2) is 12.4 Å². The SMILES string of the molecule is CC(=O)OCC(=O)[C@@]1(O)[C@H](C)C[C@H]2[C@@H]3C[C@H](C)C4=CC(=O)C=C[C@]4(C)[C@@]3(Cl)[C@@H](Cl)C[C@@]21C. The number of rotatable bonds is 3. The highest BCUT2D eigenvalue weighted by Gasteiger charge is 2.75. The Hall–Kier alpha value is -1.17. The number of halogens is 2. The lowest BCUT2D eigenvalue weighted by molar-refractivity contribution is -0.172. The normalized spacial score (nSPS) is 49.6. The van der Waals surface area contributed by atoms with E-state index >= 15 is 0 Å². The van der Waals surface area contributed by atoms with Gasteiger partial charge in [-0.1, -0.05) is 39.3 Å². The first-order chi connectivity index (χ1) is 14.7. The van der Waals surface area contributed by atoms with Crippen molar-refractivity contribution in [3.05, 3.63) is 23.8 Å². The van der Waals surface area contributed by atoms with Gasteiger partial charge in [-0.25, -0.2) is 0 Å². The van der Waals surface area contributed by atoms with Crippen LogP contribution in [0, 0.1) is 34.5 Å². The summed E-state index contributed by atoms with van der Waals surface area (Å²) in [6.45, 7) is 8.79. The van der Waals surface area contributed by atoms with Gasteiger partial charge < -0.3 is 9.84 Å². The molecule has 3 saturated carbocycles. The van der Waals surface area contributed by atoms with Crippen molar-refractivity contribution in [3.8, 4) is 0 Å². The van der Waals surface area contributed by atoms with E-state index in [0.717, 1.165) is 12.0 Å². The Balaban J connectivity index is 1.79. The molecule has 4 aliphatic rings. The van der Waals surface area contributed by atoms with Gasteiger partial charge in [0.2, 0.25) is 5.78 Å². The number of carbonyl (C=O) groups excluding carboxylic acids is 3. The van der Waals surface area contributed by atoms with Crippen molar-refractivity contribution in [3.63, 3.8) is 0 Å². The lowest BCUT2D eigenvalue weighted by atomic mass is 9.45. The second-order valence-electron chi connectivity index (χ2n) is 10.9. The Bertz CT molecular complexity index is 943. The van der Waals surface area contributed by atoms with Crippen molar-refractivity contribution >= 4 is 40.7 Å². The first kappa shape index (κ1) is 24.0. The van der Waals surface area contributed by atoms with Gasteiger partial charge in [0, 0.05) is 17.8 Å². The van der Waals surface area contributed by atoms with Crippen LogP contribution in [0.4, 0.5) is 0 Å². The van der Waals surface area contributed by atoms with Crippen LogP contribution in [0.2, 0.25) is 0 Å². The minimum absolute atomic E-state index is 0.0326. The third kappa shape index (κ3) is 2.83. The number of esters is 1. The zero-order valence-corrected chi connectivity index (χ0v) is 20.8. The summed E-state index contributed by atoms with van der Waals surface area (Å²) in [7, 11) is 0. The molecule has 176 valence electrons. The molecule has 0 unspecified atom stereocenters. The second-order valence-corrected chi connectivity index (χ2v) is 12.0. The Labute approximate surface area is 199 Å². The molecule has 0 saturated heterocycles. The molecule has 0 aliphatic heterocycles. The van der Waals surface area contributed by atoms with E-state index in [1.54, 1.807) is 12.2 Å². The topological polar surface area (TPSA) is 80.7 Å². The van der Waals surface area contributed by atoms with Crippen LogP contribution >= 0.6 is 23.2 Å². The predicted octanol–water partition coefficient (Wildman–Crippen LogP) is 4.23. The number of aliphatic hydroxyl groups is 1. The number of ketones is 2. The summed E-state index contributed by atoms with van der Waals surface area (Å²) < 4.78 is 4.97. The van der Waals surface area contributed by atoms with Gasteiger partial charge in [-0.05, 0) is 55.1 Å². The van der Waals surface area contributed by atoms with Crippen molar-refractivity contribution in [1.82, 2.24) is 0 Å². The highest BCUT2D eigenvalue weighted by atomic mass is 35.5. The summed E-state index contributed by atoms with van der Waals surface area (Å²) >= 11 is 14.6. The summed E-state index contributed by atoms with van der Waals surface area (Å²) in [6, 6.07) is 0. The molecule has 0 aromatic carbocycles. The van der Waals surface area contributed by atoms with Gasteiger partial charge >= 0.3 is 5.97 Å². The summed E-state index contributed by atoms with van der Waals surface area (Å²) in [5.74, 6) is -1.36. The standard InChI is InChI=1S/C25H32Cl2O5/c1-13-8-19-18-9-14(2)25(31,21(30)12-32-15(3)28)23(18,5)11-20(26)24(19,27)22(4)7-6-16(29)10-17(13)22/h6-7,10,13-14,18-20,31H,8-9,11-12H2,1-5H3/t13-,14+,18-,19-,20-,22-,23-,24-,25-/m0/s1. The zero-order chi connectivity index (χ0) is 23.9. The fourth-order valence-corrected chi connectivity index (χ4v) is 8.94. The zero-order valence-electron chi connectivity index (χ0n) is 19.3. The maximum absolute atomic E-state index is 13.2. The van der Waals surface area contributed by atoms with E-state index in [0.29, 0.717) is 12.8 Å². The largest absolute Gasteiger partial charge is 0.458 e. The molecular weight excluding hydrogens is 451 g/mol. The molecule has 0 bridgehead atoms. The third-order valence-electron chi connectivity index (χ3n) is 9.34. The Morgan fingerprint density at radius 1 is 1.22 bits per heavy atom. The van der Waals surface area contributed by atoms with Crippen molar-refractivity contribution in [1.29, 1.82) is 0 Å². The fourth-order valence-electron chi connectivity index (χ4n) is 7.74. The molecule has 5 nitrogen and oxygen atoms in total.